The van der Waals surface area contributed by atoms with Crippen LogP contribution in [0.1, 0.15) is 19.3 Å². The highest BCUT2D eigenvalue weighted by Gasteiger charge is 2.13. The van der Waals surface area contributed by atoms with Crippen molar-refractivity contribution in [1.82, 2.24) is 15.5 Å². The number of aromatic nitrogens is 2. The first-order valence-electron chi connectivity index (χ1n) is 6.22. The van der Waals surface area contributed by atoms with Gasteiger partial charge in [-0.15, -0.1) is 0 Å². The van der Waals surface area contributed by atoms with Crippen molar-refractivity contribution in [3.63, 3.8) is 0 Å². The highest BCUT2D eigenvalue weighted by molar-refractivity contribution is 5.84. The Bertz CT molecular complexity index is 488. The molecular formula is C13H17N3O. The van der Waals surface area contributed by atoms with E-state index in [1.165, 1.54) is 19.3 Å². The highest BCUT2D eigenvalue weighted by atomic mass is 16.5. The zero-order valence-electron chi connectivity index (χ0n) is 9.78. The molecular weight excluding hydrogens is 214 g/mol. The maximum absolute atomic E-state index is 5.89. The Hall–Kier alpha value is -1.55. The average molecular weight is 231 g/mol. The van der Waals surface area contributed by atoms with Crippen molar-refractivity contribution >= 4 is 10.9 Å². The van der Waals surface area contributed by atoms with Crippen LogP contribution in [0.25, 0.3) is 10.9 Å². The van der Waals surface area contributed by atoms with Gasteiger partial charge in [0.25, 0.3) is 0 Å². The summed E-state index contributed by atoms with van der Waals surface area (Å²) in [5, 5.41) is 11.5. The van der Waals surface area contributed by atoms with Crippen molar-refractivity contribution in [2.75, 3.05) is 13.2 Å². The van der Waals surface area contributed by atoms with Gasteiger partial charge >= 0.3 is 0 Å². The molecule has 1 unspecified atom stereocenters. The molecule has 1 aliphatic rings. The summed E-state index contributed by atoms with van der Waals surface area (Å²) in [7, 11) is 0. The van der Waals surface area contributed by atoms with Gasteiger partial charge in [0.1, 0.15) is 12.4 Å². The lowest BCUT2D eigenvalue weighted by Gasteiger charge is -2.23. The van der Waals surface area contributed by atoms with Crippen LogP contribution in [0.4, 0.5) is 0 Å². The maximum Gasteiger partial charge on any atom is 0.130 e. The van der Waals surface area contributed by atoms with Gasteiger partial charge in [0.05, 0.1) is 17.1 Å². The van der Waals surface area contributed by atoms with E-state index in [0.717, 1.165) is 29.8 Å². The molecule has 1 aromatic heterocycles. The number of rotatable bonds is 3. The van der Waals surface area contributed by atoms with E-state index in [1.54, 1.807) is 0 Å². The fourth-order valence-electron chi connectivity index (χ4n) is 2.32. The predicted molar refractivity (Wildman–Crippen MR) is 67.2 cm³/mol. The molecule has 0 aliphatic carbocycles. The summed E-state index contributed by atoms with van der Waals surface area (Å²) in [6.07, 6.45) is 5.62. The topological polar surface area (TPSA) is 49.9 Å². The third-order valence-electron chi connectivity index (χ3n) is 3.30. The molecule has 2 N–H and O–H groups in total. The number of H-pyrrole nitrogens is 1. The average Bonchev–Trinajstić information content (AvgIpc) is 2.86. The molecule has 1 fully saturated rings. The van der Waals surface area contributed by atoms with E-state index in [4.69, 9.17) is 4.74 Å². The lowest BCUT2D eigenvalue weighted by molar-refractivity contribution is 0.241. The quantitative estimate of drug-likeness (QED) is 0.850. The van der Waals surface area contributed by atoms with Crippen molar-refractivity contribution in [3.05, 3.63) is 24.4 Å². The largest absolute Gasteiger partial charge is 0.491 e. The van der Waals surface area contributed by atoms with Crippen LogP contribution in [0, 0.1) is 0 Å². The number of nitrogens with zero attached hydrogens (tertiary/aromatic N) is 1. The van der Waals surface area contributed by atoms with Gasteiger partial charge in [0.15, 0.2) is 0 Å². The summed E-state index contributed by atoms with van der Waals surface area (Å²) in [4.78, 5) is 0. The second kappa shape index (κ2) is 4.75. The van der Waals surface area contributed by atoms with E-state index in [2.05, 4.69) is 15.5 Å². The van der Waals surface area contributed by atoms with Gasteiger partial charge in [-0.1, -0.05) is 12.5 Å². The molecule has 1 saturated heterocycles. The Morgan fingerprint density at radius 1 is 1.35 bits per heavy atom. The summed E-state index contributed by atoms with van der Waals surface area (Å²) >= 11 is 0. The Morgan fingerprint density at radius 3 is 3.24 bits per heavy atom. The highest BCUT2D eigenvalue weighted by Crippen LogP contribution is 2.23. The third kappa shape index (κ3) is 2.26. The number of benzene rings is 1. The lowest BCUT2D eigenvalue weighted by Crippen LogP contribution is -2.38. The minimum Gasteiger partial charge on any atom is -0.491 e. The van der Waals surface area contributed by atoms with Crippen LogP contribution in [0.5, 0.6) is 5.75 Å². The SMILES string of the molecule is c1cc(OCC2CCCCN2)c2cn[nH]c2c1. The molecule has 4 nitrogen and oxygen atoms in total. The van der Waals surface area contributed by atoms with Gasteiger partial charge in [0.2, 0.25) is 0 Å². The van der Waals surface area contributed by atoms with Crippen molar-refractivity contribution in [2.45, 2.75) is 25.3 Å². The smallest absolute Gasteiger partial charge is 0.130 e. The fourth-order valence-corrected chi connectivity index (χ4v) is 2.32. The van der Waals surface area contributed by atoms with Crippen LogP contribution in [0.3, 0.4) is 0 Å². The maximum atomic E-state index is 5.89. The van der Waals surface area contributed by atoms with Gasteiger partial charge in [-0.05, 0) is 31.5 Å². The van der Waals surface area contributed by atoms with Crippen molar-refractivity contribution < 1.29 is 4.74 Å². The normalized spacial score (nSPS) is 20.6. The molecule has 1 aliphatic heterocycles. The Balaban J connectivity index is 1.69. The van der Waals surface area contributed by atoms with Crippen molar-refractivity contribution in [3.8, 4) is 5.75 Å². The summed E-state index contributed by atoms with van der Waals surface area (Å²) in [6, 6.07) is 6.49. The first-order chi connectivity index (χ1) is 8.43. The molecule has 0 radical (unpaired) electrons. The molecule has 0 amide bonds. The van der Waals surface area contributed by atoms with Crippen molar-refractivity contribution in [1.29, 1.82) is 0 Å². The molecule has 0 spiro atoms. The second-order valence-corrected chi connectivity index (χ2v) is 4.55. The Kier molecular flexibility index (Phi) is 2.96. The van der Waals surface area contributed by atoms with Crippen LogP contribution in [-0.4, -0.2) is 29.4 Å². The number of nitrogens with one attached hydrogen (secondary N) is 2. The Morgan fingerprint density at radius 2 is 2.35 bits per heavy atom. The van der Waals surface area contributed by atoms with Crippen molar-refractivity contribution in [2.24, 2.45) is 0 Å². The van der Waals surface area contributed by atoms with E-state index in [9.17, 15) is 0 Å². The summed E-state index contributed by atoms with van der Waals surface area (Å²) < 4.78 is 5.89. The number of fused-ring (bicyclic) bond motifs is 1. The molecule has 17 heavy (non-hydrogen) atoms. The number of piperidine rings is 1. The van der Waals surface area contributed by atoms with E-state index >= 15 is 0 Å². The first kappa shape index (κ1) is 10.6. The number of ether oxygens (including phenoxy) is 1. The molecule has 1 aromatic carbocycles. The monoisotopic (exact) mass is 231 g/mol. The molecule has 2 aromatic rings. The molecule has 90 valence electrons. The zero-order chi connectivity index (χ0) is 11.5. The van der Waals surface area contributed by atoms with Gasteiger partial charge in [-0.2, -0.15) is 5.10 Å². The molecule has 1 atom stereocenters. The standard InChI is InChI=1S/C13H17N3O/c1-2-7-14-10(4-1)9-17-13-6-3-5-12-11(13)8-15-16-12/h3,5-6,8,10,14H,1-2,4,7,9H2,(H,15,16). The molecule has 2 heterocycles. The predicted octanol–water partition coefficient (Wildman–Crippen LogP) is 2.08. The van der Waals surface area contributed by atoms with Crippen LogP contribution < -0.4 is 10.1 Å². The van der Waals surface area contributed by atoms with Crippen LogP contribution in [0.15, 0.2) is 24.4 Å². The van der Waals surface area contributed by atoms with Gasteiger partial charge < -0.3 is 10.1 Å². The van der Waals surface area contributed by atoms with E-state index in [1.807, 2.05) is 24.4 Å². The first-order valence-corrected chi connectivity index (χ1v) is 6.22. The Labute approximate surface area is 100 Å². The van der Waals surface area contributed by atoms with Crippen LogP contribution >= 0.6 is 0 Å². The molecule has 4 heteroatoms. The number of hydrogen-bond acceptors (Lipinski definition) is 3. The van der Waals surface area contributed by atoms with E-state index in [-0.39, 0.29) is 0 Å². The summed E-state index contributed by atoms with van der Waals surface area (Å²) in [5.41, 5.74) is 1.03. The van der Waals surface area contributed by atoms with E-state index in [0.29, 0.717) is 6.04 Å². The van der Waals surface area contributed by atoms with Gasteiger partial charge in [-0.25, -0.2) is 0 Å². The molecule has 0 saturated carbocycles. The zero-order valence-corrected chi connectivity index (χ0v) is 9.78. The van der Waals surface area contributed by atoms with Crippen LogP contribution in [-0.2, 0) is 0 Å². The summed E-state index contributed by atoms with van der Waals surface area (Å²) in [5.74, 6) is 0.920. The second-order valence-electron chi connectivity index (χ2n) is 4.55. The summed E-state index contributed by atoms with van der Waals surface area (Å²) in [6.45, 7) is 1.86. The molecule has 0 bridgehead atoms. The third-order valence-corrected chi connectivity index (χ3v) is 3.30. The minimum atomic E-state index is 0.492. The van der Waals surface area contributed by atoms with Gasteiger partial charge in [0, 0.05) is 6.04 Å². The number of hydrogen-bond donors (Lipinski definition) is 2. The van der Waals surface area contributed by atoms with Gasteiger partial charge in [-0.3, -0.25) is 5.10 Å². The minimum absolute atomic E-state index is 0.492. The molecule has 3 rings (SSSR count). The van der Waals surface area contributed by atoms with Crippen LogP contribution in [0.2, 0.25) is 0 Å². The van der Waals surface area contributed by atoms with E-state index < -0.39 is 0 Å². The lowest BCUT2D eigenvalue weighted by atomic mass is 10.1. The fraction of sp³-hybridized carbons (Fsp3) is 0.462. The number of aromatic amines is 1.